The van der Waals surface area contributed by atoms with Gasteiger partial charge in [0, 0.05) is 5.92 Å². The lowest BCUT2D eigenvalue weighted by molar-refractivity contribution is -0.125. The van der Waals surface area contributed by atoms with E-state index in [9.17, 15) is 9.90 Å². The van der Waals surface area contributed by atoms with Crippen LogP contribution in [0, 0.1) is 34.5 Å². The van der Waals surface area contributed by atoms with Gasteiger partial charge in [0.05, 0.1) is 6.10 Å². The molecule has 4 rings (SSSR count). The molecule has 0 saturated heterocycles. The van der Waals surface area contributed by atoms with Crippen LogP contribution in [0.1, 0.15) is 72.1 Å². The fraction of sp³-hybridized carbons (Fsp3) is 0.857. The zero-order chi connectivity index (χ0) is 16.4. The number of Topliss-reactive ketones (excluding diaryl/α,β-unsaturated/α-hetero) is 1. The number of ketones is 1. The molecule has 0 unspecified atom stereocenters. The van der Waals surface area contributed by atoms with E-state index in [1.54, 1.807) is 12.5 Å². The minimum atomic E-state index is -0.0636. The summed E-state index contributed by atoms with van der Waals surface area (Å²) in [6.07, 6.45) is 11.6. The van der Waals surface area contributed by atoms with Crippen LogP contribution in [0.15, 0.2) is 11.6 Å². The summed E-state index contributed by atoms with van der Waals surface area (Å²) in [6.45, 7) is 6.67. The summed E-state index contributed by atoms with van der Waals surface area (Å²) in [5.74, 6) is 2.81. The van der Waals surface area contributed by atoms with Crippen molar-refractivity contribution in [2.45, 2.75) is 78.2 Å². The van der Waals surface area contributed by atoms with Crippen LogP contribution in [0.3, 0.4) is 0 Å². The van der Waals surface area contributed by atoms with Crippen LogP contribution in [0.5, 0.6) is 0 Å². The summed E-state index contributed by atoms with van der Waals surface area (Å²) in [7, 11) is 0. The molecule has 2 heteroatoms. The van der Waals surface area contributed by atoms with Crippen LogP contribution in [0.25, 0.3) is 0 Å². The highest BCUT2D eigenvalue weighted by molar-refractivity contribution is 5.80. The van der Waals surface area contributed by atoms with Gasteiger partial charge in [-0.1, -0.05) is 25.5 Å². The first kappa shape index (κ1) is 15.9. The fourth-order valence-electron chi connectivity index (χ4n) is 7.18. The van der Waals surface area contributed by atoms with Crippen molar-refractivity contribution in [3.05, 3.63) is 11.6 Å². The minimum Gasteiger partial charge on any atom is -0.393 e. The van der Waals surface area contributed by atoms with E-state index in [0.29, 0.717) is 23.0 Å². The Labute approximate surface area is 140 Å². The van der Waals surface area contributed by atoms with Gasteiger partial charge in [0.2, 0.25) is 0 Å². The zero-order valence-electron chi connectivity index (χ0n) is 15.0. The summed E-state index contributed by atoms with van der Waals surface area (Å²) < 4.78 is 0. The van der Waals surface area contributed by atoms with E-state index < -0.39 is 0 Å². The lowest BCUT2D eigenvalue weighted by Gasteiger charge is -2.59. The van der Waals surface area contributed by atoms with Crippen LogP contribution in [0.2, 0.25) is 0 Å². The summed E-state index contributed by atoms with van der Waals surface area (Å²) in [5.41, 5.74) is 2.20. The molecule has 0 heterocycles. The first-order valence-electron chi connectivity index (χ1n) is 9.75. The van der Waals surface area contributed by atoms with Crippen LogP contribution in [0.4, 0.5) is 0 Å². The maximum atomic E-state index is 12.1. The highest BCUT2D eigenvalue weighted by atomic mass is 16.3. The van der Waals surface area contributed by atoms with Crippen molar-refractivity contribution in [2.24, 2.45) is 34.5 Å². The smallest absolute Gasteiger partial charge is 0.134 e. The van der Waals surface area contributed by atoms with Gasteiger partial charge in [0.15, 0.2) is 0 Å². The molecule has 3 fully saturated rings. The number of hydrogen-bond donors (Lipinski definition) is 1. The van der Waals surface area contributed by atoms with Crippen molar-refractivity contribution in [2.75, 3.05) is 0 Å². The Morgan fingerprint density at radius 1 is 1.17 bits per heavy atom. The molecule has 0 amide bonds. The lowest BCUT2D eigenvalue weighted by atomic mass is 9.46. The van der Waals surface area contributed by atoms with Crippen LogP contribution in [-0.4, -0.2) is 17.0 Å². The van der Waals surface area contributed by atoms with Crippen molar-refractivity contribution in [3.8, 4) is 0 Å². The molecule has 7 atom stereocenters. The van der Waals surface area contributed by atoms with Crippen LogP contribution in [-0.2, 0) is 4.79 Å². The molecular weight excluding hydrogens is 284 g/mol. The molecule has 3 saturated carbocycles. The maximum absolute atomic E-state index is 12.1. The predicted octanol–water partition coefficient (Wildman–Crippen LogP) is 4.52. The van der Waals surface area contributed by atoms with Gasteiger partial charge in [-0.25, -0.2) is 0 Å². The van der Waals surface area contributed by atoms with Crippen molar-refractivity contribution in [1.82, 2.24) is 0 Å². The van der Waals surface area contributed by atoms with Gasteiger partial charge in [-0.15, -0.1) is 0 Å². The summed E-state index contributed by atoms with van der Waals surface area (Å²) >= 11 is 0. The van der Waals surface area contributed by atoms with E-state index in [4.69, 9.17) is 0 Å². The molecule has 4 aliphatic carbocycles. The second-order valence-corrected chi connectivity index (χ2v) is 9.44. The standard InChI is InChI=1S/C21H32O2/c1-13(22)17-6-7-18-16-5-4-14-12-15(23)8-10-20(14,2)19(16)9-11-21(17,18)3/h7,14-17,19,23H,4-6,8-12H2,1-3H3/t14-,15-,16-,17-,19-,20-,21+/m0/s1. The summed E-state index contributed by atoms with van der Waals surface area (Å²) in [4.78, 5) is 12.1. The minimum absolute atomic E-state index is 0.0636. The third-order valence-electron chi connectivity index (χ3n) is 8.53. The van der Waals surface area contributed by atoms with Gasteiger partial charge in [0.25, 0.3) is 0 Å². The SMILES string of the molecule is CC(=O)[C@@H]1CC=C2[C@@H]3CC[C@H]4C[C@@H](O)CC[C@]4(C)[C@H]3CC[C@@]21C. The Bertz CT molecular complexity index is 550. The van der Waals surface area contributed by atoms with Gasteiger partial charge in [-0.05, 0) is 86.9 Å². The van der Waals surface area contributed by atoms with Crippen molar-refractivity contribution in [3.63, 3.8) is 0 Å². The third kappa shape index (κ3) is 2.13. The second-order valence-electron chi connectivity index (χ2n) is 9.44. The number of fused-ring (bicyclic) bond motifs is 5. The van der Waals surface area contributed by atoms with Gasteiger partial charge in [0.1, 0.15) is 5.78 Å². The Morgan fingerprint density at radius 2 is 1.96 bits per heavy atom. The number of allylic oxidation sites excluding steroid dienone is 2. The molecule has 0 radical (unpaired) electrons. The zero-order valence-corrected chi connectivity index (χ0v) is 15.0. The molecule has 128 valence electrons. The lowest BCUT2D eigenvalue weighted by Crippen LogP contribution is -2.52. The number of carbonyl (C=O) groups is 1. The number of aliphatic hydroxyl groups is 1. The Morgan fingerprint density at radius 3 is 2.70 bits per heavy atom. The quantitative estimate of drug-likeness (QED) is 0.722. The molecule has 0 aromatic rings. The van der Waals surface area contributed by atoms with Crippen molar-refractivity contribution in [1.29, 1.82) is 0 Å². The molecule has 0 spiro atoms. The van der Waals surface area contributed by atoms with E-state index in [-0.39, 0.29) is 17.4 Å². The molecule has 0 aromatic heterocycles. The number of carbonyl (C=O) groups excluding carboxylic acids is 1. The maximum Gasteiger partial charge on any atom is 0.134 e. The van der Waals surface area contributed by atoms with E-state index in [0.717, 1.165) is 25.2 Å². The van der Waals surface area contributed by atoms with Crippen molar-refractivity contribution >= 4 is 5.78 Å². The Hall–Kier alpha value is -0.630. The van der Waals surface area contributed by atoms with Gasteiger partial charge >= 0.3 is 0 Å². The van der Waals surface area contributed by atoms with Crippen LogP contribution < -0.4 is 0 Å². The molecule has 0 aliphatic heterocycles. The topological polar surface area (TPSA) is 37.3 Å². The largest absolute Gasteiger partial charge is 0.393 e. The fourth-order valence-corrected chi connectivity index (χ4v) is 7.18. The van der Waals surface area contributed by atoms with E-state index in [1.807, 2.05) is 0 Å². The molecule has 2 nitrogen and oxygen atoms in total. The van der Waals surface area contributed by atoms with E-state index in [1.165, 1.54) is 32.1 Å². The molecule has 4 aliphatic rings. The van der Waals surface area contributed by atoms with E-state index >= 15 is 0 Å². The normalized spacial score (nSPS) is 52.2. The number of rotatable bonds is 1. The molecule has 0 aromatic carbocycles. The predicted molar refractivity (Wildman–Crippen MR) is 91.9 cm³/mol. The second kappa shape index (κ2) is 5.18. The average molecular weight is 316 g/mol. The summed E-state index contributed by atoms with van der Waals surface area (Å²) in [5, 5.41) is 10.1. The first-order chi connectivity index (χ1) is 10.9. The molecule has 1 N–H and O–H groups in total. The molecular formula is C21H32O2. The highest BCUT2D eigenvalue weighted by Crippen LogP contribution is 2.65. The van der Waals surface area contributed by atoms with E-state index in [2.05, 4.69) is 19.9 Å². The van der Waals surface area contributed by atoms with Crippen LogP contribution >= 0.6 is 0 Å². The third-order valence-corrected chi connectivity index (χ3v) is 8.53. The number of aliphatic hydroxyl groups excluding tert-OH is 1. The van der Waals surface area contributed by atoms with Crippen molar-refractivity contribution < 1.29 is 9.90 Å². The molecule has 23 heavy (non-hydrogen) atoms. The highest BCUT2D eigenvalue weighted by Gasteiger charge is 2.57. The number of hydrogen-bond acceptors (Lipinski definition) is 2. The molecule has 0 bridgehead atoms. The Kier molecular flexibility index (Phi) is 3.58. The average Bonchev–Trinajstić information content (AvgIpc) is 2.85. The monoisotopic (exact) mass is 316 g/mol. The first-order valence-corrected chi connectivity index (χ1v) is 9.75. The van der Waals surface area contributed by atoms with Gasteiger partial charge in [-0.3, -0.25) is 4.79 Å². The Balaban J connectivity index is 1.64. The van der Waals surface area contributed by atoms with Gasteiger partial charge in [-0.2, -0.15) is 0 Å². The van der Waals surface area contributed by atoms with Gasteiger partial charge < -0.3 is 5.11 Å². The summed E-state index contributed by atoms with van der Waals surface area (Å²) in [6, 6.07) is 0.